The largest absolute Gasteiger partial charge is 0.390 e. The van der Waals surface area contributed by atoms with Crippen LogP contribution in [0.3, 0.4) is 0 Å². The molecule has 2 aliphatic rings. The first-order valence-corrected chi connectivity index (χ1v) is 8.89. The fraction of sp³-hybridized carbons (Fsp3) is 0.706. The lowest BCUT2D eigenvalue weighted by Crippen LogP contribution is -2.52. The number of rotatable bonds is 3. The van der Waals surface area contributed by atoms with Gasteiger partial charge >= 0.3 is 0 Å². The van der Waals surface area contributed by atoms with Crippen LogP contribution in [-0.4, -0.2) is 94.1 Å². The molecule has 3 N–H and O–H groups in total. The van der Waals surface area contributed by atoms with E-state index >= 15 is 0 Å². The molecule has 0 bridgehead atoms. The molecule has 3 rings (SSSR count). The van der Waals surface area contributed by atoms with Crippen molar-refractivity contribution in [2.24, 2.45) is 0 Å². The summed E-state index contributed by atoms with van der Waals surface area (Å²) in [5, 5.41) is 10.5. The van der Waals surface area contributed by atoms with E-state index in [-0.39, 0.29) is 23.8 Å². The molecule has 0 radical (unpaired) electrons. The average molecular weight is 348 g/mol. The van der Waals surface area contributed by atoms with Gasteiger partial charge in [0, 0.05) is 45.0 Å². The second-order valence-electron chi connectivity index (χ2n) is 7.38. The Morgan fingerprint density at radius 2 is 1.92 bits per heavy atom. The average Bonchev–Trinajstić information content (AvgIpc) is 2.96. The SMILES string of the molecule is CC(C)c1cc(C(=O)N2C[C@@H](O)[C@H](N3CCN(C)CC3)C2)nc(N)n1. The second kappa shape index (κ2) is 7.23. The zero-order valence-corrected chi connectivity index (χ0v) is 15.2. The van der Waals surface area contributed by atoms with E-state index in [1.807, 2.05) is 13.8 Å². The smallest absolute Gasteiger partial charge is 0.272 e. The van der Waals surface area contributed by atoms with Crippen LogP contribution in [0.5, 0.6) is 0 Å². The van der Waals surface area contributed by atoms with Crippen molar-refractivity contribution in [2.45, 2.75) is 31.9 Å². The zero-order chi connectivity index (χ0) is 18.1. The van der Waals surface area contributed by atoms with Crippen molar-refractivity contribution in [2.75, 3.05) is 52.0 Å². The van der Waals surface area contributed by atoms with Crippen molar-refractivity contribution < 1.29 is 9.90 Å². The summed E-state index contributed by atoms with van der Waals surface area (Å²) in [5.41, 5.74) is 6.83. The number of aliphatic hydroxyl groups is 1. The maximum Gasteiger partial charge on any atom is 0.272 e. The minimum absolute atomic E-state index is 0.0126. The molecule has 0 unspecified atom stereocenters. The van der Waals surface area contributed by atoms with Gasteiger partial charge in [0.15, 0.2) is 0 Å². The van der Waals surface area contributed by atoms with Gasteiger partial charge in [-0.25, -0.2) is 9.97 Å². The number of carbonyl (C=O) groups excluding carboxylic acids is 1. The number of nitrogens with zero attached hydrogens (tertiary/aromatic N) is 5. The van der Waals surface area contributed by atoms with E-state index in [1.54, 1.807) is 11.0 Å². The monoisotopic (exact) mass is 348 g/mol. The topological polar surface area (TPSA) is 98.8 Å². The van der Waals surface area contributed by atoms with Gasteiger partial charge in [0.1, 0.15) is 5.69 Å². The first-order valence-electron chi connectivity index (χ1n) is 8.89. The van der Waals surface area contributed by atoms with E-state index in [4.69, 9.17) is 5.73 Å². The molecule has 2 saturated heterocycles. The number of likely N-dealkylation sites (tertiary alicyclic amines) is 1. The van der Waals surface area contributed by atoms with Crippen molar-refractivity contribution >= 4 is 11.9 Å². The van der Waals surface area contributed by atoms with Gasteiger partial charge in [0.25, 0.3) is 5.91 Å². The van der Waals surface area contributed by atoms with Gasteiger partial charge in [-0.1, -0.05) is 13.8 Å². The maximum absolute atomic E-state index is 12.8. The van der Waals surface area contributed by atoms with Gasteiger partial charge in [-0.2, -0.15) is 0 Å². The quantitative estimate of drug-likeness (QED) is 0.768. The highest BCUT2D eigenvalue weighted by Crippen LogP contribution is 2.21. The fourth-order valence-corrected chi connectivity index (χ4v) is 3.50. The molecule has 25 heavy (non-hydrogen) atoms. The Morgan fingerprint density at radius 3 is 2.56 bits per heavy atom. The van der Waals surface area contributed by atoms with E-state index in [9.17, 15) is 9.90 Å². The molecule has 0 aliphatic carbocycles. The Hall–Kier alpha value is -1.77. The van der Waals surface area contributed by atoms with Crippen LogP contribution in [0, 0.1) is 0 Å². The summed E-state index contributed by atoms with van der Waals surface area (Å²) in [5.74, 6) is 0.0932. The highest BCUT2D eigenvalue weighted by molar-refractivity contribution is 5.93. The molecule has 0 aromatic carbocycles. The number of aromatic nitrogens is 2. The molecule has 138 valence electrons. The number of nitrogen functional groups attached to an aromatic ring is 1. The number of nitrogens with two attached hydrogens (primary N) is 1. The van der Waals surface area contributed by atoms with Crippen LogP contribution >= 0.6 is 0 Å². The van der Waals surface area contributed by atoms with Crippen molar-refractivity contribution in [1.82, 2.24) is 24.7 Å². The number of hydrogen-bond donors (Lipinski definition) is 2. The lowest BCUT2D eigenvalue weighted by atomic mass is 10.1. The Morgan fingerprint density at radius 1 is 1.24 bits per heavy atom. The molecule has 2 aliphatic heterocycles. The third-order valence-corrected chi connectivity index (χ3v) is 5.13. The van der Waals surface area contributed by atoms with Crippen molar-refractivity contribution in [3.8, 4) is 0 Å². The number of anilines is 1. The number of β-amino-alcohol motifs (C(OH)–C–C–N with tert-alkyl or cyclic N) is 1. The molecule has 1 aromatic heterocycles. The molecule has 8 heteroatoms. The fourth-order valence-electron chi connectivity index (χ4n) is 3.50. The minimum Gasteiger partial charge on any atom is -0.390 e. The van der Waals surface area contributed by atoms with Crippen molar-refractivity contribution in [3.05, 3.63) is 17.5 Å². The number of piperazine rings is 1. The first-order chi connectivity index (χ1) is 11.8. The molecule has 0 spiro atoms. The van der Waals surface area contributed by atoms with Crippen LogP contribution in [0.1, 0.15) is 35.9 Å². The summed E-state index contributed by atoms with van der Waals surface area (Å²) in [4.78, 5) is 27.4. The van der Waals surface area contributed by atoms with Gasteiger partial charge in [-0.05, 0) is 19.0 Å². The standard InChI is InChI=1S/C17H28N6O2/c1-11(2)12-8-13(20-17(18)19-12)16(25)23-9-14(15(24)10-23)22-6-4-21(3)5-7-22/h8,11,14-15,24H,4-7,9-10H2,1-3H3,(H2,18,19,20)/t14-,15-/m1/s1. The van der Waals surface area contributed by atoms with Crippen LogP contribution in [0.25, 0.3) is 0 Å². The Balaban J connectivity index is 1.71. The summed E-state index contributed by atoms with van der Waals surface area (Å²) in [7, 11) is 2.10. The first kappa shape index (κ1) is 18.0. The molecule has 1 aromatic rings. The van der Waals surface area contributed by atoms with Crippen LogP contribution < -0.4 is 5.73 Å². The lowest BCUT2D eigenvalue weighted by molar-refractivity contribution is 0.0512. The van der Waals surface area contributed by atoms with Gasteiger partial charge in [0.2, 0.25) is 5.95 Å². The third kappa shape index (κ3) is 3.91. The second-order valence-corrected chi connectivity index (χ2v) is 7.38. The van der Waals surface area contributed by atoms with Crippen LogP contribution in [0.4, 0.5) is 5.95 Å². The van der Waals surface area contributed by atoms with E-state index in [2.05, 4.69) is 26.8 Å². The van der Waals surface area contributed by atoms with E-state index in [0.717, 1.165) is 31.9 Å². The summed E-state index contributed by atoms with van der Waals surface area (Å²) in [6.45, 7) is 8.64. The number of likely N-dealkylation sites (N-methyl/N-ethyl adjacent to an activating group) is 1. The van der Waals surface area contributed by atoms with Gasteiger partial charge in [-0.15, -0.1) is 0 Å². The molecule has 0 saturated carbocycles. The Labute approximate surface area is 148 Å². The van der Waals surface area contributed by atoms with Crippen molar-refractivity contribution in [3.63, 3.8) is 0 Å². The molecule has 3 heterocycles. The molecular weight excluding hydrogens is 320 g/mol. The number of hydrogen-bond acceptors (Lipinski definition) is 7. The van der Waals surface area contributed by atoms with Gasteiger partial charge < -0.3 is 20.6 Å². The third-order valence-electron chi connectivity index (χ3n) is 5.13. The predicted molar refractivity (Wildman–Crippen MR) is 95.3 cm³/mol. The molecule has 2 atom stereocenters. The predicted octanol–water partition coefficient (Wildman–Crippen LogP) is -0.385. The summed E-state index contributed by atoms with van der Waals surface area (Å²) in [6.07, 6.45) is -0.531. The highest BCUT2D eigenvalue weighted by Gasteiger charge is 2.39. The van der Waals surface area contributed by atoms with E-state index in [0.29, 0.717) is 18.8 Å². The summed E-state index contributed by atoms with van der Waals surface area (Å²) >= 11 is 0. The summed E-state index contributed by atoms with van der Waals surface area (Å²) < 4.78 is 0. The highest BCUT2D eigenvalue weighted by atomic mass is 16.3. The normalized spacial score (nSPS) is 25.7. The van der Waals surface area contributed by atoms with E-state index < -0.39 is 6.10 Å². The van der Waals surface area contributed by atoms with Gasteiger partial charge in [-0.3, -0.25) is 9.69 Å². The number of amides is 1. The van der Waals surface area contributed by atoms with Crippen LogP contribution in [0.15, 0.2) is 6.07 Å². The van der Waals surface area contributed by atoms with E-state index in [1.165, 1.54) is 0 Å². The molecule has 8 nitrogen and oxygen atoms in total. The molecule has 2 fully saturated rings. The zero-order valence-electron chi connectivity index (χ0n) is 15.2. The van der Waals surface area contributed by atoms with Crippen molar-refractivity contribution in [1.29, 1.82) is 0 Å². The molecular formula is C17H28N6O2. The molecule has 1 amide bonds. The van der Waals surface area contributed by atoms with Crippen LogP contribution in [-0.2, 0) is 0 Å². The van der Waals surface area contributed by atoms with Crippen LogP contribution in [0.2, 0.25) is 0 Å². The minimum atomic E-state index is -0.531. The Kier molecular flexibility index (Phi) is 5.21. The number of aliphatic hydroxyl groups excluding tert-OH is 1. The Bertz CT molecular complexity index is 630. The lowest BCUT2D eigenvalue weighted by Gasteiger charge is -2.37. The number of carbonyl (C=O) groups is 1. The van der Waals surface area contributed by atoms with Gasteiger partial charge in [0.05, 0.1) is 12.1 Å². The summed E-state index contributed by atoms with van der Waals surface area (Å²) in [6, 6.07) is 1.69. The maximum atomic E-state index is 12.8.